The summed E-state index contributed by atoms with van der Waals surface area (Å²) in [5.41, 5.74) is 1.78. The molecule has 0 aliphatic heterocycles. The monoisotopic (exact) mass is 237 g/mol. The average molecular weight is 237 g/mol. The smallest absolute Gasteiger partial charge is 0.128 e. The molecule has 0 saturated carbocycles. The van der Waals surface area contributed by atoms with E-state index in [4.69, 9.17) is 0 Å². The zero-order chi connectivity index (χ0) is 12.8. The Bertz CT molecular complexity index is 349. The van der Waals surface area contributed by atoms with Gasteiger partial charge in [0.15, 0.2) is 0 Å². The fourth-order valence-corrected chi connectivity index (χ4v) is 2.05. The largest absolute Gasteiger partial charge is 0.310 e. The van der Waals surface area contributed by atoms with E-state index in [1.165, 1.54) is 0 Å². The van der Waals surface area contributed by atoms with Crippen molar-refractivity contribution in [1.82, 2.24) is 5.32 Å². The molecule has 1 aromatic carbocycles. The topological polar surface area (TPSA) is 12.0 Å². The number of nitrogens with one attached hydrogen (secondary N) is 1. The SMILES string of the molecule is CCNC(CC(C)CC)c1ccc(C)cc1F. The maximum atomic E-state index is 13.9. The van der Waals surface area contributed by atoms with E-state index in [0.717, 1.165) is 30.5 Å². The number of hydrogen-bond donors (Lipinski definition) is 1. The molecule has 2 atom stereocenters. The zero-order valence-electron chi connectivity index (χ0n) is 11.4. The minimum Gasteiger partial charge on any atom is -0.310 e. The highest BCUT2D eigenvalue weighted by molar-refractivity contribution is 5.26. The van der Waals surface area contributed by atoms with Gasteiger partial charge in [0.05, 0.1) is 0 Å². The van der Waals surface area contributed by atoms with E-state index in [1.807, 2.05) is 19.1 Å². The third kappa shape index (κ3) is 4.12. The second-order valence-corrected chi connectivity index (χ2v) is 4.88. The standard InChI is InChI=1S/C15H24FN/c1-5-11(3)10-15(17-6-2)13-8-7-12(4)9-14(13)16/h7-9,11,15,17H,5-6,10H2,1-4H3. The molecule has 1 rings (SSSR count). The molecule has 0 radical (unpaired) electrons. The normalized spacial score (nSPS) is 14.6. The molecule has 2 heteroatoms. The third-order valence-corrected chi connectivity index (χ3v) is 3.32. The van der Waals surface area contributed by atoms with Gasteiger partial charge in [0, 0.05) is 11.6 Å². The van der Waals surface area contributed by atoms with E-state index in [1.54, 1.807) is 6.07 Å². The lowest BCUT2D eigenvalue weighted by atomic mass is 9.93. The Morgan fingerprint density at radius 2 is 2.00 bits per heavy atom. The van der Waals surface area contributed by atoms with Crippen molar-refractivity contribution in [3.8, 4) is 0 Å². The van der Waals surface area contributed by atoms with Crippen LogP contribution in [0.2, 0.25) is 0 Å². The predicted octanol–water partition coefficient (Wildman–Crippen LogP) is 4.22. The Labute approximate surface area is 104 Å². The van der Waals surface area contributed by atoms with Crippen molar-refractivity contribution in [2.24, 2.45) is 5.92 Å². The highest BCUT2D eigenvalue weighted by Crippen LogP contribution is 2.25. The van der Waals surface area contributed by atoms with Crippen LogP contribution in [0.5, 0.6) is 0 Å². The second kappa shape index (κ2) is 6.75. The number of aryl methyl sites for hydroxylation is 1. The first-order valence-corrected chi connectivity index (χ1v) is 6.57. The van der Waals surface area contributed by atoms with Gasteiger partial charge in [0.25, 0.3) is 0 Å². The molecule has 96 valence electrons. The summed E-state index contributed by atoms with van der Waals surface area (Å²) in [5.74, 6) is 0.527. The summed E-state index contributed by atoms with van der Waals surface area (Å²) in [7, 11) is 0. The summed E-state index contributed by atoms with van der Waals surface area (Å²) in [6.07, 6.45) is 2.12. The molecule has 0 bridgehead atoms. The van der Waals surface area contributed by atoms with Crippen LogP contribution < -0.4 is 5.32 Å². The first-order valence-electron chi connectivity index (χ1n) is 6.57. The van der Waals surface area contributed by atoms with E-state index in [0.29, 0.717) is 5.92 Å². The van der Waals surface area contributed by atoms with Crippen LogP contribution in [0.3, 0.4) is 0 Å². The van der Waals surface area contributed by atoms with Gasteiger partial charge in [-0.1, -0.05) is 39.3 Å². The van der Waals surface area contributed by atoms with E-state index < -0.39 is 0 Å². The Morgan fingerprint density at radius 3 is 2.53 bits per heavy atom. The maximum absolute atomic E-state index is 13.9. The molecule has 0 amide bonds. The lowest BCUT2D eigenvalue weighted by Crippen LogP contribution is -2.23. The molecule has 17 heavy (non-hydrogen) atoms. The molecular weight excluding hydrogens is 213 g/mol. The zero-order valence-corrected chi connectivity index (χ0v) is 11.4. The molecule has 0 spiro atoms. The van der Waals surface area contributed by atoms with Crippen molar-refractivity contribution in [2.45, 2.75) is 46.6 Å². The van der Waals surface area contributed by atoms with E-state index in [2.05, 4.69) is 26.1 Å². The van der Waals surface area contributed by atoms with Gasteiger partial charge in [0.2, 0.25) is 0 Å². The van der Waals surface area contributed by atoms with Gasteiger partial charge in [-0.15, -0.1) is 0 Å². The number of benzene rings is 1. The van der Waals surface area contributed by atoms with Gasteiger partial charge >= 0.3 is 0 Å². The Hall–Kier alpha value is -0.890. The predicted molar refractivity (Wildman–Crippen MR) is 71.6 cm³/mol. The first kappa shape index (κ1) is 14.2. The first-order chi connectivity index (χ1) is 8.08. The summed E-state index contributed by atoms with van der Waals surface area (Å²) in [5, 5.41) is 3.38. The molecular formula is C15H24FN. The summed E-state index contributed by atoms with van der Waals surface area (Å²) < 4.78 is 13.9. The van der Waals surface area contributed by atoms with Gasteiger partial charge in [0.1, 0.15) is 5.82 Å². The van der Waals surface area contributed by atoms with Crippen molar-refractivity contribution < 1.29 is 4.39 Å². The molecule has 0 fully saturated rings. The van der Waals surface area contributed by atoms with Crippen LogP contribution in [-0.2, 0) is 0 Å². The van der Waals surface area contributed by atoms with Crippen molar-refractivity contribution in [3.63, 3.8) is 0 Å². The third-order valence-electron chi connectivity index (χ3n) is 3.32. The van der Waals surface area contributed by atoms with Crippen LogP contribution in [0.25, 0.3) is 0 Å². The van der Waals surface area contributed by atoms with Gasteiger partial charge in [-0.25, -0.2) is 4.39 Å². The van der Waals surface area contributed by atoms with E-state index >= 15 is 0 Å². The molecule has 0 heterocycles. The fourth-order valence-electron chi connectivity index (χ4n) is 2.05. The van der Waals surface area contributed by atoms with Crippen LogP contribution >= 0.6 is 0 Å². The van der Waals surface area contributed by atoms with Crippen molar-refractivity contribution in [2.75, 3.05) is 6.54 Å². The minimum atomic E-state index is -0.0840. The summed E-state index contributed by atoms with van der Waals surface area (Å²) in [4.78, 5) is 0. The molecule has 0 saturated heterocycles. The maximum Gasteiger partial charge on any atom is 0.128 e. The summed E-state index contributed by atoms with van der Waals surface area (Å²) >= 11 is 0. The second-order valence-electron chi connectivity index (χ2n) is 4.88. The van der Waals surface area contributed by atoms with E-state index in [9.17, 15) is 4.39 Å². The quantitative estimate of drug-likeness (QED) is 0.781. The number of halogens is 1. The van der Waals surface area contributed by atoms with Crippen LogP contribution in [0, 0.1) is 18.7 Å². The van der Waals surface area contributed by atoms with Crippen molar-refractivity contribution in [1.29, 1.82) is 0 Å². The molecule has 0 aliphatic rings. The van der Waals surface area contributed by atoms with Crippen LogP contribution in [0.1, 0.15) is 50.8 Å². The van der Waals surface area contributed by atoms with Gasteiger partial charge in [-0.3, -0.25) is 0 Å². The molecule has 0 aliphatic carbocycles. The summed E-state index contributed by atoms with van der Waals surface area (Å²) in [6.45, 7) is 9.25. The average Bonchev–Trinajstić information content (AvgIpc) is 2.28. The van der Waals surface area contributed by atoms with E-state index in [-0.39, 0.29) is 11.9 Å². The van der Waals surface area contributed by atoms with Crippen LogP contribution in [0.4, 0.5) is 4.39 Å². The molecule has 0 aromatic heterocycles. The molecule has 2 unspecified atom stereocenters. The molecule has 1 nitrogen and oxygen atoms in total. The molecule has 1 N–H and O–H groups in total. The molecule has 1 aromatic rings. The van der Waals surface area contributed by atoms with Gasteiger partial charge in [-0.05, 0) is 37.4 Å². The highest BCUT2D eigenvalue weighted by atomic mass is 19.1. The van der Waals surface area contributed by atoms with Crippen molar-refractivity contribution >= 4 is 0 Å². The highest BCUT2D eigenvalue weighted by Gasteiger charge is 2.17. The fraction of sp³-hybridized carbons (Fsp3) is 0.600. The van der Waals surface area contributed by atoms with Crippen molar-refractivity contribution in [3.05, 3.63) is 35.1 Å². The lowest BCUT2D eigenvalue weighted by Gasteiger charge is -2.22. The summed E-state index contributed by atoms with van der Waals surface area (Å²) in [6, 6.07) is 5.66. The van der Waals surface area contributed by atoms with Gasteiger partial charge in [-0.2, -0.15) is 0 Å². The lowest BCUT2D eigenvalue weighted by molar-refractivity contribution is 0.397. The Kier molecular flexibility index (Phi) is 5.63. The Balaban J connectivity index is 2.88. The van der Waals surface area contributed by atoms with Gasteiger partial charge < -0.3 is 5.32 Å². The van der Waals surface area contributed by atoms with Crippen LogP contribution in [0.15, 0.2) is 18.2 Å². The number of hydrogen-bond acceptors (Lipinski definition) is 1. The number of rotatable bonds is 6. The minimum absolute atomic E-state index is 0.0840. The van der Waals surface area contributed by atoms with Crippen LogP contribution in [-0.4, -0.2) is 6.54 Å². The Morgan fingerprint density at radius 1 is 1.29 bits per heavy atom.